The van der Waals surface area contributed by atoms with Crippen LogP contribution in [0.3, 0.4) is 0 Å². The van der Waals surface area contributed by atoms with E-state index in [1.807, 2.05) is 42.5 Å². The fraction of sp³-hybridized carbons (Fsp3) is 0.211. The third-order valence-electron chi connectivity index (χ3n) is 4.61. The molecule has 0 spiro atoms. The van der Waals surface area contributed by atoms with Gasteiger partial charge in [-0.2, -0.15) is 0 Å². The summed E-state index contributed by atoms with van der Waals surface area (Å²) < 4.78 is 8.43. The molecule has 0 radical (unpaired) electrons. The van der Waals surface area contributed by atoms with E-state index in [2.05, 4.69) is 10.5 Å². The zero-order valence-electron chi connectivity index (χ0n) is 14.5. The van der Waals surface area contributed by atoms with Crippen LogP contribution in [0.25, 0.3) is 22.0 Å². The second-order valence-electron chi connectivity index (χ2n) is 6.30. The zero-order chi connectivity index (χ0) is 18.3. The predicted molar refractivity (Wildman–Crippen MR) is 97.7 cm³/mol. The lowest BCUT2D eigenvalue weighted by Crippen LogP contribution is -2.24. The molecule has 26 heavy (non-hydrogen) atoms. The van der Waals surface area contributed by atoms with Crippen molar-refractivity contribution >= 4 is 27.9 Å². The molecule has 2 aromatic heterocycles. The SMILES string of the molecule is Cn1c(=O)n(C)c2cc(CNC(=O)Cc3noc4ccccc34)ccc21. The second-order valence-corrected chi connectivity index (χ2v) is 6.30. The van der Waals surface area contributed by atoms with Gasteiger partial charge in [0.15, 0.2) is 5.58 Å². The monoisotopic (exact) mass is 350 g/mol. The van der Waals surface area contributed by atoms with E-state index < -0.39 is 0 Å². The molecule has 4 aromatic rings. The van der Waals surface area contributed by atoms with Gasteiger partial charge in [0.1, 0.15) is 5.69 Å². The van der Waals surface area contributed by atoms with Crippen LogP contribution in [0.4, 0.5) is 0 Å². The van der Waals surface area contributed by atoms with Gasteiger partial charge in [-0.1, -0.05) is 23.4 Å². The quantitative estimate of drug-likeness (QED) is 0.609. The highest BCUT2D eigenvalue weighted by molar-refractivity contribution is 5.86. The number of carbonyl (C=O) groups is 1. The van der Waals surface area contributed by atoms with Gasteiger partial charge in [-0.15, -0.1) is 0 Å². The predicted octanol–water partition coefficient (Wildman–Crippen LogP) is 1.88. The highest BCUT2D eigenvalue weighted by Crippen LogP contribution is 2.18. The third kappa shape index (κ3) is 2.67. The Balaban J connectivity index is 1.48. The van der Waals surface area contributed by atoms with Crippen molar-refractivity contribution in [3.05, 3.63) is 64.2 Å². The van der Waals surface area contributed by atoms with Gasteiger partial charge in [-0.3, -0.25) is 13.9 Å². The number of carbonyl (C=O) groups excluding carboxylic acids is 1. The Hall–Kier alpha value is -3.35. The van der Waals surface area contributed by atoms with E-state index in [1.54, 1.807) is 23.2 Å². The molecule has 2 aromatic carbocycles. The lowest BCUT2D eigenvalue weighted by Gasteiger charge is -2.05. The first-order chi connectivity index (χ1) is 12.5. The van der Waals surface area contributed by atoms with Crippen LogP contribution < -0.4 is 11.0 Å². The van der Waals surface area contributed by atoms with Crippen molar-refractivity contribution in [2.45, 2.75) is 13.0 Å². The molecule has 1 amide bonds. The van der Waals surface area contributed by atoms with Crippen molar-refractivity contribution < 1.29 is 9.32 Å². The molecule has 1 N–H and O–H groups in total. The van der Waals surface area contributed by atoms with Crippen LogP contribution in [-0.4, -0.2) is 20.2 Å². The Labute approximate surface area is 148 Å². The fourth-order valence-electron chi connectivity index (χ4n) is 3.14. The molecular weight excluding hydrogens is 332 g/mol. The standard InChI is InChI=1S/C19H18N4O3/c1-22-15-8-7-12(9-16(15)23(2)19(22)25)11-20-18(24)10-14-13-5-3-4-6-17(13)26-21-14/h3-9H,10-11H2,1-2H3,(H,20,24). The van der Waals surface area contributed by atoms with Crippen LogP contribution in [0.15, 0.2) is 51.8 Å². The number of amides is 1. The van der Waals surface area contributed by atoms with Gasteiger partial charge in [-0.25, -0.2) is 4.79 Å². The Morgan fingerprint density at radius 3 is 2.73 bits per heavy atom. The molecule has 0 bridgehead atoms. The van der Waals surface area contributed by atoms with E-state index in [0.29, 0.717) is 17.8 Å². The molecule has 0 unspecified atom stereocenters. The van der Waals surface area contributed by atoms with Gasteiger partial charge in [0, 0.05) is 26.0 Å². The number of benzene rings is 2. The average molecular weight is 350 g/mol. The number of para-hydroxylation sites is 1. The Kier molecular flexibility index (Phi) is 3.84. The normalized spacial score (nSPS) is 11.3. The molecule has 7 nitrogen and oxygen atoms in total. The number of fused-ring (bicyclic) bond motifs is 2. The number of hydrogen-bond donors (Lipinski definition) is 1. The van der Waals surface area contributed by atoms with Gasteiger partial charge in [0.2, 0.25) is 5.91 Å². The summed E-state index contributed by atoms with van der Waals surface area (Å²) in [6.07, 6.45) is 0.156. The summed E-state index contributed by atoms with van der Waals surface area (Å²) in [5, 5.41) is 7.72. The van der Waals surface area contributed by atoms with Crippen LogP contribution in [0.1, 0.15) is 11.3 Å². The molecule has 7 heteroatoms. The van der Waals surface area contributed by atoms with E-state index in [9.17, 15) is 9.59 Å². The molecule has 2 heterocycles. The molecule has 0 aliphatic rings. The van der Waals surface area contributed by atoms with Gasteiger partial charge < -0.3 is 9.84 Å². The maximum atomic E-state index is 12.3. The van der Waals surface area contributed by atoms with Gasteiger partial charge in [-0.05, 0) is 29.8 Å². The van der Waals surface area contributed by atoms with Gasteiger partial charge in [0.05, 0.1) is 17.5 Å². The van der Waals surface area contributed by atoms with E-state index in [1.165, 1.54) is 0 Å². The first-order valence-corrected chi connectivity index (χ1v) is 8.29. The van der Waals surface area contributed by atoms with Crippen LogP contribution in [-0.2, 0) is 31.9 Å². The molecule has 0 saturated carbocycles. The van der Waals surface area contributed by atoms with Crippen LogP contribution >= 0.6 is 0 Å². The third-order valence-corrected chi connectivity index (χ3v) is 4.61. The summed E-state index contributed by atoms with van der Waals surface area (Å²) in [6, 6.07) is 13.2. The lowest BCUT2D eigenvalue weighted by molar-refractivity contribution is -0.120. The number of aromatic nitrogens is 3. The number of aryl methyl sites for hydroxylation is 2. The van der Waals surface area contributed by atoms with Crippen molar-refractivity contribution in [2.24, 2.45) is 14.1 Å². The number of nitrogens with one attached hydrogen (secondary N) is 1. The molecule has 0 fully saturated rings. The molecule has 132 valence electrons. The van der Waals surface area contributed by atoms with Crippen molar-refractivity contribution in [1.82, 2.24) is 19.6 Å². The van der Waals surface area contributed by atoms with Crippen LogP contribution in [0.2, 0.25) is 0 Å². The minimum absolute atomic E-state index is 0.0703. The van der Waals surface area contributed by atoms with Crippen LogP contribution in [0.5, 0.6) is 0 Å². The molecule has 0 aliphatic heterocycles. The van der Waals surface area contributed by atoms with E-state index >= 15 is 0 Å². The summed E-state index contributed by atoms with van der Waals surface area (Å²) in [5.74, 6) is -0.133. The first-order valence-electron chi connectivity index (χ1n) is 8.29. The minimum Gasteiger partial charge on any atom is -0.356 e. The highest BCUT2D eigenvalue weighted by Gasteiger charge is 2.12. The topological polar surface area (TPSA) is 82.1 Å². The smallest absolute Gasteiger partial charge is 0.328 e. The summed E-state index contributed by atoms with van der Waals surface area (Å²) in [7, 11) is 3.48. The fourth-order valence-corrected chi connectivity index (χ4v) is 3.14. The minimum atomic E-state index is -0.133. The molecule has 0 saturated heterocycles. The highest BCUT2D eigenvalue weighted by atomic mass is 16.5. The number of nitrogens with zero attached hydrogens (tertiary/aromatic N) is 3. The van der Waals surface area contributed by atoms with Crippen molar-refractivity contribution in [3.8, 4) is 0 Å². The van der Waals surface area contributed by atoms with Gasteiger partial charge in [0.25, 0.3) is 0 Å². The Morgan fingerprint density at radius 2 is 1.88 bits per heavy atom. The Bertz CT molecular complexity index is 1180. The summed E-state index contributed by atoms with van der Waals surface area (Å²) in [6.45, 7) is 0.383. The lowest BCUT2D eigenvalue weighted by atomic mass is 10.1. The van der Waals surface area contributed by atoms with Crippen molar-refractivity contribution in [3.63, 3.8) is 0 Å². The van der Waals surface area contributed by atoms with E-state index in [0.717, 1.165) is 22.0 Å². The largest absolute Gasteiger partial charge is 0.356 e. The summed E-state index contributed by atoms with van der Waals surface area (Å²) in [5.41, 5.74) is 3.86. The number of rotatable bonds is 4. The number of hydrogen-bond acceptors (Lipinski definition) is 4. The maximum absolute atomic E-state index is 12.3. The Morgan fingerprint density at radius 1 is 1.12 bits per heavy atom. The van der Waals surface area contributed by atoms with Crippen LogP contribution in [0, 0.1) is 0 Å². The molecule has 4 rings (SSSR count). The summed E-state index contributed by atoms with van der Waals surface area (Å²) in [4.78, 5) is 24.3. The van der Waals surface area contributed by atoms with E-state index in [-0.39, 0.29) is 18.0 Å². The van der Waals surface area contributed by atoms with Gasteiger partial charge >= 0.3 is 5.69 Å². The van der Waals surface area contributed by atoms with Crippen molar-refractivity contribution in [1.29, 1.82) is 0 Å². The molecule has 0 aliphatic carbocycles. The first kappa shape index (κ1) is 16.1. The molecule has 0 atom stereocenters. The van der Waals surface area contributed by atoms with E-state index in [4.69, 9.17) is 4.52 Å². The molecular formula is C19H18N4O3. The zero-order valence-corrected chi connectivity index (χ0v) is 14.5. The second kappa shape index (κ2) is 6.18. The average Bonchev–Trinajstić information content (AvgIpc) is 3.15. The van der Waals surface area contributed by atoms with Crippen molar-refractivity contribution in [2.75, 3.05) is 0 Å². The number of imidazole rings is 1. The summed E-state index contributed by atoms with van der Waals surface area (Å²) >= 11 is 0. The maximum Gasteiger partial charge on any atom is 0.328 e.